The highest BCUT2D eigenvalue weighted by molar-refractivity contribution is 6.32. The third kappa shape index (κ3) is 3.10. The molecule has 0 radical (unpaired) electrons. The predicted molar refractivity (Wildman–Crippen MR) is 104 cm³/mol. The fourth-order valence-electron chi connectivity index (χ4n) is 3.63. The summed E-state index contributed by atoms with van der Waals surface area (Å²) in [5.74, 6) is 1.58. The Kier molecular flexibility index (Phi) is 4.66. The highest BCUT2D eigenvalue weighted by Crippen LogP contribution is 2.38. The fraction of sp³-hybridized carbons (Fsp3) is 0.300. The summed E-state index contributed by atoms with van der Waals surface area (Å²) in [6, 6.07) is 11.1. The molecule has 1 N–H and O–H groups in total. The number of imidazole rings is 1. The third-order valence-corrected chi connectivity index (χ3v) is 5.20. The highest BCUT2D eigenvalue weighted by atomic mass is 35.5. The van der Waals surface area contributed by atoms with Crippen LogP contribution in [0, 0.1) is 0 Å². The Labute approximate surface area is 162 Å². The Balaban J connectivity index is 1.67. The number of likely N-dealkylation sites (tertiary alicyclic amines) is 1. The standard InChI is InChI=1S/C20H20ClN3O3/c1-26-17-11-12(10-13(21)18(17)27-2)20(25)24-9-5-8-16(24)19-22-14-6-3-4-7-15(14)23-19/h3-4,6-7,10-11,16H,5,8-9H2,1-2H3,(H,22,23). The Morgan fingerprint density at radius 1 is 1.26 bits per heavy atom. The minimum absolute atomic E-state index is 0.0863. The van der Waals surface area contributed by atoms with E-state index in [0.29, 0.717) is 28.6 Å². The number of halogens is 1. The van der Waals surface area contributed by atoms with Crippen molar-refractivity contribution in [3.05, 3.63) is 52.8 Å². The summed E-state index contributed by atoms with van der Waals surface area (Å²) < 4.78 is 10.6. The number of nitrogens with zero attached hydrogens (tertiary/aromatic N) is 2. The highest BCUT2D eigenvalue weighted by Gasteiger charge is 2.33. The molecular weight excluding hydrogens is 366 g/mol. The minimum Gasteiger partial charge on any atom is -0.493 e. The van der Waals surface area contributed by atoms with E-state index in [1.165, 1.54) is 14.2 Å². The van der Waals surface area contributed by atoms with Gasteiger partial charge in [-0.3, -0.25) is 4.79 Å². The van der Waals surface area contributed by atoms with Gasteiger partial charge in [-0.1, -0.05) is 23.7 Å². The largest absolute Gasteiger partial charge is 0.493 e. The van der Waals surface area contributed by atoms with E-state index in [1.807, 2.05) is 29.2 Å². The molecule has 1 aromatic heterocycles. The van der Waals surface area contributed by atoms with Crippen LogP contribution >= 0.6 is 11.6 Å². The number of hydrogen-bond donors (Lipinski definition) is 1. The zero-order valence-corrected chi connectivity index (χ0v) is 15.9. The summed E-state index contributed by atoms with van der Waals surface area (Å²) in [7, 11) is 3.04. The first-order valence-corrected chi connectivity index (χ1v) is 9.17. The SMILES string of the molecule is COc1cc(C(=O)N2CCCC2c2nc3ccccc3[nH]2)cc(Cl)c1OC. The van der Waals surface area contributed by atoms with Gasteiger partial charge >= 0.3 is 0 Å². The zero-order chi connectivity index (χ0) is 19.0. The van der Waals surface area contributed by atoms with Crippen molar-refractivity contribution in [1.82, 2.24) is 14.9 Å². The maximum atomic E-state index is 13.2. The number of benzene rings is 2. The average molecular weight is 386 g/mol. The molecule has 4 rings (SSSR count). The normalized spacial score (nSPS) is 16.7. The molecule has 1 aliphatic heterocycles. The second-order valence-electron chi connectivity index (χ2n) is 6.49. The Morgan fingerprint density at radius 2 is 2.07 bits per heavy atom. The van der Waals surface area contributed by atoms with Crippen molar-refractivity contribution < 1.29 is 14.3 Å². The van der Waals surface area contributed by atoms with Crippen molar-refractivity contribution >= 4 is 28.5 Å². The number of methoxy groups -OCH3 is 2. The van der Waals surface area contributed by atoms with Gasteiger partial charge in [0.25, 0.3) is 5.91 Å². The maximum Gasteiger partial charge on any atom is 0.254 e. The summed E-state index contributed by atoms with van der Waals surface area (Å²) >= 11 is 6.28. The van der Waals surface area contributed by atoms with E-state index in [9.17, 15) is 4.79 Å². The molecule has 0 aliphatic carbocycles. The summed E-state index contributed by atoms with van der Waals surface area (Å²) in [5.41, 5.74) is 2.35. The van der Waals surface area contributed by atoms with Gasteiger partial charge in [-0.15, -0.1) is 0 Å². The van der Waals surface area contributed by atoms with E-state index in [0.717, 1.165) is 29.7 Å². The van der Waals surface area contributed by atoms with Gasteiger partial charge in [-0.2, -0.15) is 0 Å². The second-order valence-corrected chi connectivity index (χ2v) is 6.90. The number of hydrogen-bond acceptors (Lipinski definition) is 4. The summed E-state index contributed by atoms with van der Waals surface area (Å²) in [6.45, 7) is 0.673. The lowest BCUT2D eigenvalue weighted by Crippen LogP contribution is -2.31. The van der Waals surface area contributed by atoms with Crippen LogP contribution in [-0.4, -0.2) is 41.5 Å². The van der Waals surface area contributed by atoms with Crippen LogP contribution in [0.4, 0.5) is 0 Å². The summed E-state index contributed by atoms with van der Waals surface area (Å²) in [6.07, 6.45) is 1.79. The van der Waals surface area contributed by atoms with E-state index >= 15 is 0 Å². The van der Waals surface area contributed by atoms with Gasteiger partial charge in [0, 0.05) is 12.1 Å². The van der Waals surface area contributed by atoms with Crippen molar-refractivity contribution in [2.75, 3.05) is 20.8 Å². The maximum absolute atomic E-state index is 13.2. The average Bonchev–Trinajstić information content (AvgIpc) is 3.33. The zero-order valence-electron chi connectivity index (χ0n) is 15.2. The number of aromatic nitrogens is 2. The molecule has 1 unspecified atom stereocenters. The van der Waals surface area contributed by atoms with Crippen LogP contribution in [0.1, 0.15) is 35.1 Å². The van der Waals surface area contributed by atoms with Gasteiger partial charge in [0.15, 0.2) is 11.5 Å². The molecule has 1 fully saturated rings. The van der Waals surface area contributed by atoms with Gasteiger partial charge in [-0.05, 0) is 37.1 Å². The molecule has 1 aliphatic rings. The molecule has 0 bridgehead atoms. The van der Waals surface area contributed by atoms with Crippen molar-refractivity contribution in [3.8, 4) is 11.5 Å². The predicted octanol–water partition coefficient (Wildman–Crippen LogP) is 4.21. The Bertz CT molecular complexity index is 968. The van der Waals surface area contributed by atoms with Crippen LogP contribution in [0.3, 0.4) is 0 Å². The first-order valence-electron chi connectivity index (χ1n) is 8.79. The number of H-pyrrole nitrogens is 1. The number of rotatable bonds is 4. The van der Waals surface area contributed by atoms with Gasteiger partial charge in [0.2, 0.25) is 0 Å². The summed E-state index contributed by atoms with van der Waals surface area (Å²) in [4.78, 5) is 23.1. The van der Waals surface area contributed by atoms with Crippen LogP contribution in [-0.2, 0) is 0 Å². The number of nitrogens with one attached hydrogen (secondary N) is 1. The molecule has 1 amide bonds. The molecule has 27 heavy (non-hydrogen) atoms. The Hall–Kier alpha value is -2.73. The summed E-state index contributed by atoms with van der Waals surface area (Å²) in [5, 5.41) is 0.347. The van der Waals surface area contributed by atoms with Crippen LogP contribution < -0.4 is 9.47 Å². The first kappa shape index (κ1) is 17.7. The van der Waals surface area contributed by atoms with Gasteiger partial charge < -0.3 is 19.4 Å². The molecule has 0 saturated carbocycles. The van der Waals surface area contributed by atoms with Crippen molar-refractivity contribution in [1.29, 1.82) is 0 Å². The van der Waals surface area contributed by atoms with Gasteiger partial charge in [0.1, 0.15) is 5.82 Å². The molecule has 3 aromatic rings. The van der Waals surface area contributed by atoms with Crippen LogP contribution in [0.25, 0.3) is 11.0 Å². The topological polar surface area (TPSA) is 67.5 Å². The number of carbonyl (C=O) groups excluding carboxylic acids is 1. The number of carbonyl (C=O) groups is 1. The number of para-hydroxylation sites is 2. The van der Waals surface area contributed by atoms with E-state index in [4.69, 9.17) is 21.1 Å². The van der Waals surface area contributed by atoms with Crippen LogP contribution in [0.2, 0.25) is 5.02 Å². The monoisotopic (exact) mass is 385 g/mol. The Morgan fingerprint density at radius 3 is 2.81 bits per heavy atom. The molecule has 140 valence electrons. The first-order chi connectivity index (χ1) is 13.1. The van der Waals surface area contributed by atoms with Crippen molar-refractivity contribution in [2.24, 2.45) is 0 Å². The van der Waals surface area contributed by atoms with Gasteiger partial charge in [-0.25, -0.2) is 4.98 Å². The minimum atomic E-state index is -0.0965. The quantitative estimate of drug-likeness (QED) is 0.730. The number of ether oxygens (including phenoxy) is 2. The molecule has 2 heterocycles. The third-order valence-electron chi connectivity index (χ3n) is 4.92. The van der Waals surface area contributed by atoms with E-state index in [-0.39, 0.29) is 11.9 Å². The molecule has 1 atom stereocenters. The molecule has 7 heteroatoms. The van der Waals surface area contributed by atoms with Crippen LogP contribution in [0.15, 0.2) is 36.4 Å². The lowest BCUT2D eigenvalue weighted by Gasteiger charge is -2.24. The molecular formula is C20H20ClN3O3. The van der Waals surface area contributed by atoms with Crippen LogP contribution in [0.5, 0.6) is 11.5 Å². The molecule has 6 nitrogen and oxygen atoms in total. The number of aromatic amines is 1. The van der Waals surface area contributed by atoms with Crippen molar-refractivity contribution in [3.63, 3.8) is 0 Å². The smallest absolute Gasteiger partial charge is 0.254 e. The van der Waals surface area contributed by atoms with E-state index in [2.05, 4.69) is 9.97 Å². The van der Waals surface area contributed by atoms with Crippen molar-refractivity contribution in [2.45, 2.75) is 18.9 Å². The fourth-order valence-corrected chi connectivity index (χ4v) is 3.92. The second kappa shape index (κ2) is 7.12. The number of fused-ring (bicyclic) bond motifs is 1. The molecule has 2 aromatic carbocycles. The number of amides is 1. The van der Waals surface area contributed by atoms with E-state index in [1.54, 1.807) is 12.1 Å². The lowest BCUT2D eigenvalue weighted by molar-refractivity contribution is 0.0730. The lowest BCUT2D eigenvalue weighted by atomic mass is 10.1. The molecule has 1 saturated heterocycles. The van der Waals surface area contributed by atoms with Gasteiger partial charge in [0.05, 0.1) is 36.3 Å². The van der Waals surface area contributed by atoms with E-state index < -0.39 is 0 Å². The molecule has 0 spiro atoms.